The lowest BCUT2D eigenvalue weighted by Crippen LogP contribution is -2.52. The van der Waals surface area contributed by atoms with E-state index in [1.807, 2.05) is 6.07 Å². The van der Waals surface area contributed by atoms with E-state index in [9.17, 15) is 4.79 Å². The number of hydrogen-bond donors (Lipinski definition) is 0. The Labute approximate surface area is 166 Å². The van der Waals surface area contributed by atoms with Crippen LogP contribution in [0.2, 0.25) is 15.2 Å². The molecule has 1 aliphatic heterocycles. The first-order valence-electron chi connectivity index (χ1n) is 8.09. The highest BCUT2D eigenvalue weighted by Gasteiger charge is 2.27. The van der Waals surface area contributed by atoms with E-state index in [1.54, 1.807) is 36.1 Å². The van der Waals surface area contributed by atoms with Crippen molar-refractivity contribution in [1.29, 1.82) is 0 Å². The van der Waals surface area contributed by atoms with Crippen LogP contribution in [0, 0.1) is 0 Å². The molecule has 1 saturated heterocycles. The summed E-state index contributed by atoms with van der Waals surface area (Å²) in [6.45, 7) is 4.16. The van der Waals surface area contributed by atoms with Crippen LogP contribution in [0.25, 0.3) is 0 Å². The molecule has 2 aromatic rings. The van der Waals surface area contributed by atoms with Crippen molar-refractivity contribution < 1.29 is 9.53 Å². The molecule has 1 aromatic carbocycles. The fourth-order valence-electron chi connectivity index (χ4n) is 2.71. The number of halogens is 3. The summed E-state index contributed by atoms with van der Waals surface area (Å²) in [5, 5.41) is 8.97. The molecule has 1 unspecified atom stereocenters. The second-order valence-electron chi connectivity index (χ2n) is 5.84. The van der Waals surface area contributed by atoms with Gasteiger partial charge in [-0.2, -0.15) is 0 Å². The number of benzene rings is 1. The molecule has 6 nitrogen and oxygen atoms in total. The third-order valence-electron chi connectivity index (χ3n) is 4.10. The molecule has 9 heteroatoms. The van der Waals surface area contributed by atoms with Gasteiger partial charge in [-0.05, 0) is 31.2 Å². The zero-order valence-corrected chi connectivity index (χ0v) is 16.3. The quantitative estimate of drug-likeness (QED) is 0.764. The molecule has 1 atom stereocenters. The van der Waals surface area contributed by atoms with Crippen molar-refractivity contribution in [3.05, 3.63) is 45.5 Å². The summed E-state index contributed by atoms with van der Waals surface area (Å²) in [7, 11) is 0. The fourth-order valence-corrected chi connectivity index (χ4v) is 3.14. The number of carbonyl (C=O) groups is 1. The third kappa shape index (κ3) is 4.31. The minimum atomic E-state index is -0.659. The fraction of sp³-hybridized carbons (Fsp3) is 0.353. The van der Waals surface area contributed by atoms with Gasteiger partial charge in [0.1, 0.15) is 10.8 Å². The Hall–Kier alpha value is -1.76. The molecule has 0 bridgehead atoms. The average Bonchev–Trinajstić information content (AvgIpc) is 2.65. The molecule has 0 spiro atoms. The van der Waals surface area contributed by atoms with Crippen LogP contribution in [0.5, 0.6) is 5.75 Å². The SMILES string of the molecule is CC(Oc1cccc(Cl)c1Cl)C(=O)N1CCN(c2ccc(Cl)nn2)CC1. The Balaban J connectivity index is 1.57. The first-order chi connectivity index (χ1) is 12.5. The predicted octanol–water partition coefficient (Wildman–Crippen LogP) is 3.55. The smallest absolute Gasteiger partial charge is 0.263 e. The van der Waals surface area contributed by atoms with E-state index in [-0.39, 0.29) is 5.91 Å². The maximum absolute atomic E-state index is 12.6. The Morgan fingerprint density at radius 3 is 2.46 bits per heavy atom. The lowest BCUT2D eigenvalue weighted by molar-refractivity contribution is -0.138. The van der Waals surface area contributed by atoms with E-state index < -0.39 is 6.10 Å². The van der Waals surface area contributed by atoms with Gasteiger partial charge < -0.3 is 14.5 Å². The van der Waals surface area contributed by atoms with E-state index in [0.717, 1.165) is 5.82 Å². The van der Waals surface area contributed by atoms with E-state index >= 15 is 0 Å². The second kappa shape index (κ2) is 8.29. The summed E-state index contributed by atoms with van der Waals surface area (Å²) in [6.07, 6.45) is -0.659. The summed E-state index contributed by atoms with van der Waals surface area (Å²) in [5.41, 5.74) is 0. The number of hydrogen-bond acceptors (Lipinski definition) is 5. The van der Waals surface area contributed by atoms with Crippen LogP contribution in [0.3, 0.4) is 0 Å². The molecular formula is C17H17Cl3N4O2. The van der Waals surface area contributed by atoms with Crippen molar-refractivity contribution in [3.8, 4) is 5.75 Å². The first-order valence-corrected chi connectivity index (χ1v) is 9.22. The minimum absolute atomic E-state index is 0.0946. The molecule has 0 saturated carbocycles. The number of anilines is 1. The number of aromatic nitrogens is 2. The molecule has 1 amide bonds. The Morgan fingerprint density at radius 1 is 1.08 bits per heavy atom. The Kier molecular flexibility index (Phi) is 6.06. The number of rotatable bonds is 4. The molecular weight excluding hydrogens is 399 g/mol. The van der Waals surface area contributed by atoms with Gasteiger partial charge in [-0.3, -0.25) is 4.79 Å². The van der Waals surface area contributed by atoms with Crippen LogP contribution in [-0.2, 0) is 4.79 Å². The number of ether oxygens (including phenoxy) is 1. The molecule has 2 heterocycles. The van der Waals surface area contributed by atoms with Gasteiger partial charge >= 0.3 is 0 Å². The molecule has 1 aliphatic rings. The van der Waals surface area contributed by atoms with Gasteiger partial charge in [-0.1, -0.05) is 40.9 Å². The van der Waals surface area contributed by atoms with Crippen LogP contribution >= 0.6 is 34.8 Å². The largest absolute Gasteiger partial charge is 0.479 e. The minimum Gasteiger partial charge on any atom is -0.479 e. The highest BCUT2D eigenvalue weighted by molar-refractivity contribution is 6.42. The van der Waals surface area contributed by atoms with E-state index in [4.69, 9.17) is 39.5 Å². The molecule has 138 valence electrons. The topological polar surface area (TPSA) is 58.6 Å². The molecule has 0 N–H and O–H groups in total. The number of nitrogens with zero attached hydrogens (tertiary/aromatic N) is 4. The summed E-state index contributed by atoms with van der Waals surface area (Å²) < 4.78 is 5.71. The lowest BCUT2D eigenvalue weighted by Gasteiger charge is -2.36. The van der Waals surface area contributed by atoms with Gasteiger partial charge in [0.2, 0.25) is 0 Å². The van der Waals surface area contributed by atoms with Gasteiger partial charge in [-0.15, -0.1) is 10.2 Å². The van der Waals surface area contributed by atoms with Crippen molar-refractivity contribution >= 4 is 46.5 Å². The summed E-state index contributed by atoms with van der Waals surface area (Å²) >= 11 is 17.9. The van der Waals surface area contributed by atoms with Crippen LogP contribution in [0.1, 0.15) is 6.92 Å². The van der Waals surface area contributed by atoms with Crippen molar-refractivity contribution in [2.24, 2.45) is 0 Å². The summed E-state index contributed by atoms with van der Waals surface area (Å²) in [6, 6.07) is 8.61. The zero-order valence-electron chi connectivity index (χ0n) is 14.0. The molecule has 3 rings (SSSR count). The molecule has 1 aromatic heterocycles. The van der Waals surface area contributed by atoms with Crippen LogP contribution in [0.4, 0.5) is 5.82 Å². The number of piperazine rings is 1. The van der Waals surface area contributed by atoms with Gasteiger partial charge in [-0.25, -0.2) is 0 Å². The summed E-state index contributed by atoms with van der Waals surface area (Å²) in [5.74, 6) is 1.05. The van der Waals surface area contributed by atoms with E-state index in [0.29, 0.717) is 47.1 Å². The molecule has 1 fully saturated rings. The first kappa shape index (κ1) is 19.0. The lowest BCUT2D eigenvalue weighted by atomic mass is 10.2. The van der Waals surface area contributed by atoms with E-state index in [2.05, 4.69) is 15.1 Å². The highest BCUT2D eigenvalue weighted by atomic mass is 35.5. The van der Waals surface area contributed by atoms with Crippen LogP contribution in [-0.4, -0.2) is 53.3 Å². The highest BCUT2D eigenvalue weighted by Crippen LogP contribution is 2.32. The Bertz CT molecular complexity index is 780. The second-order valence-corrected chi connectivity index (χ2v) is 7.01. The van der Waals surface area contributed by atoms with Crippen molar-refractivity contribution in [2.75, 3.05) is 31.1 Å². The molecule has 26 heavy (non-hydrogen) atoms. The van der Waals surface area contributed by atoms with Crippen LogP contribution in [0.15, 0.2) is 30.3 Å². The standard InChI is InChI=1S/C17H17Cl3N4O2/c1-11(26-13-4-2-3-12(18)16(13)20)17(25)24-9-7-23(8-10-24)15-6-5-14(19)21-22-15/h2-6,11H,7-10H2,1H3. The summed E-state index contributed by atoms with van der Waals surface area (Å²) in [4.78, 5) is 16.5. The monoisotopic (exact) mass is 414 g/mol. The van der Waals surface area contributed by atoms with Gasteiger partial charge in [0.05, 0.1) is 5.02 Å². The van der Waals surface area contributed by atoms with Gasteiger partial charge in [0.25, 0.3) is 5.91 Å². The maximum Gasteiger partial charge on any atom is 0.263 e. The van der Waals surface area contributed by atoms with Gasteiger partial charge in [0, 0.05) is 26.2 Å². The van der Waals surface area contributed by atoms with E-state index in [1.165, 1.54) is 0 Å². The average molecular weight is 416 g/mol. The van der Waals surface area contributed by atoms with Gasteiger partial charge in [0.15, 0.2) is 17.1 Å². The molecule has 0 radical (unpaired) electrons. The van der Waals surface area contributed by atoms with Crippen molar-refractivity contribution in [1.82, 2.24) is 15.1 Å². The molecule has 0 aliphatic carbocycles. The third-order valence-corrected chi connectivity index (χ3v) is 5.10. The van der Waals surface area contributed by atoms with Crippen molar-refractivity contribution in [3.63, 3.8) is 0 Å². The van der Waals surface area contributed by atoms with Crippen molar-refractivity contribution in [2.45, 2.75) is 13.0 Å². The Morgan fingerprint density at radius 2 is 1.81 bits per heavy atom. The predicted molar refractivity (Wildman–Crippen MR) is 102 cm³/mol. The normalized spacial score (nSPS) is 15.7. The number of carbonyl (C=O) groups excluding carboxylic acids is 1. The maximum atomic E-state index is 12.6. The number of amides is 1. The zero-order chi connectivity index (χ0) is 18.7. The van der Waals surface area contributed by atoms with Crippen LogP contribution < -0.4 is 9.64 Å².